The molecular weight excluding hydrogens is 261 g/mol. The summed E-state index contributed by atoms with van der Waals surface area (Å²) >= 11 is 0. The van der Waals surface area contributed by atoms with Crippen LogP contribution in [0.5, 0.6) is 17.2 Å². The predicted octanol–water partition coefficient (Wildman–Crippen LogP) is 3.09. The van der Waals surface area contributed by atoms with Crippen LogP contribution in [0.3, 0.4) is 0 Å². The Bertz CT molecular complexity index is 602. The van der Waals surface area contributed by atoms with Gasteiger partial charge in [-0.15, -0.1) is 0 Å². The highest BCUT2D eigenvalue weighted by atomic mass is 19.1. The number of rotatable bonds is 5. The molecule has 0 aliphatic carbocycles. The molecule has 0 aliphatic rings. The van der Waals surface area contributed by atoms with Gasteiger partial charge in [0, 0.05) is 12.1 Å². The molecule has 0 spiro atoms. The van der Waals surface area contributed by atoms with Crippen LogP contribution in [-0.4, -0.2) is 11.7 Å². The van der Waals surface area contributed by atoms with Crippen LogP contribution in [-0.2, 0) is 6.61 Å². The Morgan fingerprint density at radius 1 is 1.20 bits per heavy atom. The highest BCUT2D eigenvalue weighted by Crippen LogP contribution is 2.33. The van der Waals surface area contributed by atoms with Crippen LogP contribution in [0.2, 0.25) is 0 Å². The molecule has 0 aromatic heterocycles. The zero-order valence-electron chi connectivity index (χ0n) is 11.1. The fourth-order valence-corrected chi connectivity index (χ4v) is 1.74. The van der Waals surface area contributed by atoms with Gasteiger partial charge in [0.1, 0.15) is 5.75 Å². The molecule has 20 heavy (non-hydrogen) atoms. The smallest absolute Gasteiger partial charge is 0.167 e. The summed E-state index contributed by atoms with van der Waals surface area (Å²) in [5.41, 5.74) is 6.63. The van der Waals surface area contributed by atoms with Gasteiger partial charge in [-0.1, -0.05) is 12.1 Å². The Hall–Kier alpha value is -2.27. The van der Waals surface area contributed by atoms with Crippen molar-refractivity contribution in [3.63, 3.8) is 0 Å². The van der Waals surface area contributed by atoms with Crippen LogP contribution in [0.15, 0.2) is 36.4 Å². The highest BCUT2D eigenvalue weighted by molar-refractivity contribution is 5.57. The molecule has 3 N–H and O–H groups in total. The molecule has 0 unspecified atom stereocenters. The number of nitrogen functional groups attached to an aromatic ring is 1. The Morgan fingerprint density at radius 3 is 2.70 bits per heavy atom. The number of benzene rings is 2. The summed E-state index contributed by atoms with van der Waals surface area (Å²) in [7, 11) is 0. The van der Waals surface area contributed by atoms with Gasteiger partial charge in [0.15, 0.2) is 17.3 Å². The second kappa shape index (κ2) is 6.25. The van der Waals surface area contributed by atoms with Crippen molar-refractivity contribution in [1.82, 2.24) is 0 Å². The molecule has 0 heterocycles. The van der Waals surface area contributed by atoms with Gasteiger partial charge in [0.25, 0.3) is 0 Å². The van der Waals surface area contributed by atoms with Crippen molar-refractivity contribution in [3.05, 3.63) is 47.8 Å². The Labute approximate surface area is 116 Å². The van der Waals surface area contributed by atoms with Crippen molar-refractivity contribution < 1.29 is 19.0 Å². The first-order valence-electron chi connectivity index (χ1n) is 6.23. The predicted molar refractivity (Wildman–Crippen MR) is 74.4 cm³/mol. The maximum Gasteiger partial charge on any atom is 0.167 e. The van der Waals surface area contributed by atoms with Crippen molar-refractivity contribution in [2.75, 3.05) is 12.3 Å². The van der Waals surface area contributed by atoms with Crippen LogP contribution in [0.4, 0.5) is 10.1 Å². The van der Waals surface area contributed by atoms with E-state index in [1.165, 1.54) is 6.07 Å². The maximum atomic E-state index is 13.6. The molecule has 0 aliphatic heterocycles. The standard InChI is InChI=1S/C15H16FNO3/c1-2-19-14-8-15(13(17)7-12(14)16)20-11-5-3-4-10(6-11)9-18/h3-8,18H,2,9,17H2,1H3. The summed E-state index contributed by atoms with van der Waals surface area (Å²) in [6, 6.07) is 9.51. The summed E-state index contributed by atoms with van der Waals surface area (Å²) in [4.78, 5) is 0. The number of aliphatic hydroxyl groups excluding tert-OH is 1. The number of hydrogen-bond donors (Lipinski definition) is 2. The summed E-state index contributed by atoms with van der Waals surface area (Å²) in [6.07, 6.45) is 0. The van der Waals surface area contributed by atoms with E-state index in [4.69, 9.17) is 20.3 Å². The van der Waals surface area contributed by atoms with E-state index < -0.39 is 5.82 Å². The quantitative estimate of drug-likeness (QED) is 0.824. The van der Waals surface area contributed by atoms with Crippen LogP contribution in [0.25, 0.3) is 0 Å². The summed E-state index contributed by atoms with van der Waals surface area (Å²) in [6.45, 7) is 2.03. The van der Waals surface area contributed by atoms with E-state index in [9.17, 15) is 4.39 Å². The SMILES string of the molecule is CCOc1cc(Oc2cccc(CO)c2)c(N)cc1F. The topological polar surface area (TPSA) is 64.7 Å². The maximum absolute atomic E-state index is 13.6. The van der Waals surface area contributed by atoms with Crippen molar-refractivity contribution in [3.8, 4) is 17.2 Å². The Morgan fingerprint density at radius 2 is 2.00 bits per heavy atom. The highest BCUT2D eigenvalue weighted by Gasteiger charge is 2.11. The number of aliphatic hydroxyl groups is 1. The van der Waals surface area contributed by atoms with Crippen molar-refractivity contribution >= 4 is 5.69 Å². The number of nitrogens with two attached hydrogens (primary N) is 1. The van der Waals surface area contributed by atoms with E-state index in [0.29, 0.717) is 23.7 Å². The second-order valence-electron chi connectivity index (χ2n) is 4.16. The van der Waals surface area contributed by atoms with Gasteiger partial charge >= 0.3 is 0 Å². The van der Waals surface area contributed by atoms with E-state index in [1.807, 2.05) is 0 Å². The van der Waals surface area contributed by atoms with E-state index >= 15 is 0 Å². The lowest BCUT2D eigenvalue weighted by atomic mass is 10.2. The third-order valence-corrected chi connectivity index (χ3v) is 2.67. The third kappa shape index (κ3) is 3.19. The number of halogens is 1. The van der Waals surface area contributed by atoms with Gasteiger partial charge in [0.2, 0.25) is 0 Å². The lowest BCUT2D eigenvalue weighted by Crippen LogP contribution is -1.99. The Balaban J connectivity index is 2.30. The van der Waals surface area contributed by atoms with Crippen LogP contribution in [0, 0.1) is 5.82 Å². The largest absolute Gasteiger partial charge is 0.491 e. The minimum Gasteiger partial charge on any atom is -0.491 e. The minimum atomic E-state index is -0.527. The number of hydrogen-bond acceptors (Lipinski definition) is 4. The molecule has 106 valence electrons. The first kappa shape index (κ1) is 14.1. The molecular formula is C15H16FNO3. The minimum absolute atomic E-state index is 0.0830. The number of ether oxygens (including phenoxy) is 2. The van der Waals surface area contributed by atoms with Crippen LogP contribution >= 0.6 is 0 Å². The average molecular weight is 277 g/mol. The molecule has 0 atom stereocenters. The van der Waals surface area contributed by atoms with Gasteiger partial charge in [-0.25, -0.2) is 4.39 Å². The first-order chi connectivity index (χ1) is 9.63. The van der Waals surface area contributed by atoms with Crippen molar-refractivity contribution in [2.45, 2.75) is 13.5 Å². The molecule has 0 fully saturated rings. The van der Waals surface area contributed by atoms with Gasteiger partial charge in [0.05, 0.1) is 18.9 Å². The summed E-state index contributed by atoms with van der Waals surface area (Å²) in [5, 5.41) is 9.08. The van der Waals surface area contributed by atoms with E-state index in [2.05, 4.69) is 0 Å². The van der Waals surface area contributed by atoms with E-state index in [1.54, 1.807) is 31.2 Å². The van der Waals surface area contributed by atoms with Gasteiger partial charge in [-0.05, 0) is 24.6 Å². The fourth-order valence-electron chi connectivity index (χ4n) is 1.74. The first-order valence-corrected chi connectivity index (χ1v) is 6.23. The molecule has 2 aromatic carbocycles. The molecule has 2 aromatic rings. The summed E-state index contributed by atoms with van der Waals surface area (Å²) in [5.74, 6) is 0.387. The third-order valence-electron chi connectivity index (χ3n) is 2.67. The van der Waals surface area contributed by atoms with Crippen LogP contribution in [0.1, 0.15) is 12.5 Å². The molecule has 0 saturated carbocycles. The zero-order valence-corrected chi connectivity index (χ0v) is 11.1. The number of anilines is 1. The lowest BCUT2D eigenvalue weighted by Gasteiger charge is -2.12. The summed E-state index contributed by atoms with van der Waals surface area (Å²) < 4.78 is 24.4. The van der Waals surface area contributed by atoms with E-state index in [0.717, 1.165) is 6.07 Å². The molecule has 0 bridgehead atoms. The Kier molecular flexibility index (Phi) is 4.42. The zero-order chi connectivity index (χ0) is 14.5. The van der Waals surface area contributed by atoms with Crippen molar-refractivity contribution in [2.24, 2.45) is 0 Å². The molecule has 5 heteroatoms. The fraction of sp³-hybridized carbons (Fsp3) is 0.200. The van der Waals surface area contributed by atoms with Crippen molar-refractivity contribution in [1.29, 1.82) is 0 Å². The second-order valence-corrected chi connectivity index (χ2v) is 4.16. The molecule has 0 amide bonds. The lowest BCUT2D eigenvalue weighted by molar-refractivity contribution is 0.281. The van der Waals surface area contributed by atoms with E-state index in [-0.39, 0.29) is 18.0 Å². The molecule has 4 nitrogen and oxygen atoms in total. The van der Waals surface area contributed by atoms with Crippen LogP contribution < -0.4 is 15.2 Å². The van der Waals surface area contributed by atoms with Gasteiger partial charge in [-0.2, -0.15) is 0 Å². The average Bonchev–Trinajstić information content (AvgIpc) is 2.44. The molecule has 2 rings (SSSR count). The molecule has 0 saturated heterocycles. The molecule has 0 radical (unpaired) electrons. The van der Waals surface area contributed by atoms with Gasteiger partial charge < -0.3 is 20.3 Å². The normalized spacial score (nSPS) is 10.3. The van der Waals surface area contributed by atoms with Gasteiger partial charge in [-0.3, -0.25) is 0 Å². The monoisotopic (exact) mass is 277 g/mol.